The van der Waals surface area contributed by atoms with Crippen molar-refractivity contribution in [1.29, 1.82) is 0 Å². The Morgan fingerprint density at radius 1 is 1.32 bits per heavy atom. The van der Waals surface area contributed by atoms with Gasteiger partial charge in [0.05, 0.1) is 25.9 Å². The molecule has 1 N–H and O–H groups in total. The van der Waals surface area contributed by atoms with Crippen molar-refractivity contribution < 1.29 is 23.8 Å². The van der Waals surface area contributed by atoms with Gasteiger partial charge < -0.3 is 24.4 Å². The first kappa shape index (κ1) is 18.8. The van der Waals surface area contributed by atoms with Gasteiger partial charge in [-0.15, -0.1) is 0 Å². The maximum absolute atomic E-state index is 12.0. The van der Waals surface area contributed by atoms with E-state index in [1.807, 2.05) is 25.7 Å². The number of alkyl carbamates (subject to hydrolysis) is 1. The van der Waals surface area contributed by atoms with Crippen molar-refractivity contribution in [3.63, 3.8) is 0 Å². The number of rotatable bonds is 4. The molecule has 1 unspecified atom stereocenters. The SMILES string of the molecule is COC(=O)c1cnc(OC)cc1N1CCC(NC(=O)OC(C)(C)C)C1. The second-order valence-electron chi connectivity index (χ2n) is 6.81. The predicted molar refractivity (Wildman–Crippen MR) is 92.1 cm³/mol. The number of amides is 1. The van der Waals surface area contributed by atoms with Crippen LogP contribution in [0.2, 0.25) is 0 Å². The van der Waals surface area contributed by atoms with Gasteiger partial charge in [0.25, 0.3) is 0 Å². The number of anilines is 1. The highest BCUT2D eigenvalue weighted by atomic mass is 16.6. The lowest BCUT2D eigenvalue weighted by Gasteiger charge is -2.23. The summed E-state index contributed by atoms with van der Waals surface area (Å²) in [5, 5.41) is 2.86. The van der Waals surface area contributed by atoms with Gasteiger partial charge >= 0.3 is 12.1 Å². The Balaban J connectivity index is 2.10. The second-order valence-corrected chi connectivity index (χ2v) is 6.81. The number of pyridine rings is 1. The standard InChI is InChI=1S/C17H25N3O5/c1-17(2,3)25-16(22)19-11-6-7-20(10-11)13-8-14(23-4)18-9-12(13)15(21)24-5/h8-9,11H,6-7,10H2,1-5H3,(H,19,22). The molecule has 1 aromatic heterocycles. The van der Waals surface area contributed by atoms with Crippen LogP contribution in [0.1, 0.15) is 37.6 Å². The average molecular weight is 351 g/mol. The van der Waals surface area contributed by atoms with Crippen LogP contribution in [-0.4, -0.2) is 56.0 Å². The number of ether oxygens (including phenoxy) is 3. The molecule has 1 fully saturated rings. The van der Waals surface area contributed by atoms with Crippen molar-refractivity contribution in [1.82, 2.24) is 10.3 Å². The molecule has 8 nitrogen and oxygen atoms in total. The van der Waals surface area contributed by atoms with Crippen LogP contribution in [0.4, 0.5) is 10.5 Å². The molecule has 1 aromatic rings. The lowest BCUT2D eigenvalue weighted by atomic mass is 10.2. The first-order valence-corrected chi connectivity index (χ1v) is 8.10. The monoisotopic (exact) mass is 351 g/mol. The summed E-state index contributed by atoms with van der Waals surface area (Å²) in [4.78, 5) is 30.0. The second kappa shape index (κ2) is 7.58. The van der Waals surface area contributed by atoms with Gasteiger partial charge in [0, 0.05) is 25.4 Å². The van der Waals surface area contributed by atoms with Crippen LogP contribution in [0.3, 0.4) is 0 Å². The van der Waals surface area contributed by atoms with Gasteiger partial charge in [-0.3, -0.25) is 0 Å². The molecule has 0 spiro atoms. The minimum absolute atomic E-state index is 0.0699. The number of carbonyl (C=O) groups is 2. The van der Waals surface area contributed by atoms with Crippen LogP contribution in [0.25, 0.3) is 0 Å². The maximum atomic E-state index is 12.0. The Hall–Kier alpha value is -2.51. The minimum Gasteiger partial charge on any atom is -0.481 e. The Bertz CT molecular complexity index is 642. The summed E-state index contributed by atoms with van der Waals surface area (Å²) in [7, 11) is 2.84. The van der Waals surface area contributed by atoms with E-state index in [2.05, 4.69) is 10.3 Å². The fourth-order valence-corrected chi connectivity index (χ4v) is 2.64. The highest BCUT2D eigenvalue weighted by Crippen LogP contribution is 2.28. The zero-order valence-electron chi connectivity index (χ0n) is 15.3. The van der Waals surface area contributed by atoms with E-state index in [9.17, 15) is 9.59 Å². The van der Waals surface area contributed by atoms with Crippen molar-refractivity contribution in [2.24, 2.45) is 0 Å². The molecule has 2 rings (SSSR count). The third-order valence-corrected chi connectivity index (χ3v) is 3.72. The van der Waals surface area contributed by atoms with E-state index in [-0.39, 0.29) is 6.04 Å². The summed E-state index contributed by atoms with van der Waals surface area (Å²) >= 11 is 0. The maximum Gasteiger partial charge on any atom is 0.407 e. The number of nitrogens with one attached hydrogen (secondary N) is 1. The molecule has 0 saturated carbocycles. The number of aromatic nitrogens is 1. The van der Waals surface area contributed by atoms with E-state index >= 15 is 0 Å². The third kappa shape index (κ3) is 4.98. The van der Waals surface area contributed by atoms with Crippen molar-refractivity contribution in [2.75, 3.05) is 32.2 Å². The molecule has 0 radical (unpaired) electrons. The summed E-state index contributed by atoms with van der Waals surface area (Å²) < 4.78 is 15.3. The fraction of sp³-hybridized carbons (Fsp3) is 0.588. The van der Waals surface area contributed by atoms with Crippen LogP contribution >= 0.6 is 0 Å². The van der Waals surface area contributed by atoms with Crippen LogP contribution in [0.5, 0.6) is 5.88 Å². The van der Waals surface area contributed by atoms with Crippen molar-refractivity contribution in [3.05, 3.63) is 17.8 Å². The third-order valence-electron chi connectivity index (χ3n) is 3.72. The molecular weight excluding hydrogens is 326 g/mol. The zero-order valence-corrected chi connectivity index (χ0v) is 15.3. The van der Waals surface area contributed by atoms with Gasteiger partial charge in [0.15, 0.2) is 0 Å². The van der Waals surface area contributed by atoms with Crippen LogP contribution in [0, 0.1) is 0 Å². The summed E-state index contributed by atoms with van der Waals surface area (Å²) in [5.74, 6) is -0.0556. The molecule has 2 heterocycles. The molecule has 0 bridgehead atoms. The van der Waals surface area contributed by atoms with Gasteiger partial charge in [0.2, 0.25) is 5.88 Å². The topological polar surface area (TPSA) is 90.0 Å². The highest BCUT2D eigenvalue weighted by Gasteiger charge is 2.29. The van der Waals surface area contributed by atoms with Crippen LogP contribution in [-0.2, 0) is 9.47 Å². The molecular formula is C17H25N3O5. The smallest absolute Gasteiger partial charge is 0.407 e. The lowest BCUT2D eigenvalue weighted by molar-refractivity contribution is 0.0507. The molecule has 8 heteroatoms. The van der Waals surface area contributed by atoms with Crippen LogP contribution < -0.4 is 15.0 Å². The van der Waals surface area contributed by atoms with Gasteiger partial charge in [-0.2, -0.15) is 0 Å². The number of nitrogens with zero attached hydrogens (tertiary/aromatic N) is 2. The number of carbonyl (C=O) groups excluding carboxylic acids is 2. The first-order chi connectivity index (χ1) is 11.7. The minimum atomic E-state index is -0.543. The van der Waals surface area contributed by atoms with Crippen molar-refractivity contribution in [3.8, 4) is 5.88 Å². The summed E-state index contributed by atoms with van der Waals surface area (Å²) in [5.41, 5.74) is 0.493. The average Bonchev–Trinajstić information content (AvgIpc) is 2.99. The molecule has 138 valence electrons. The van der Waals surface area contributed by atoms with Gasteiger partial charge in [0.1, 0.15) is 11.2 Å². The van der Waals surface area contributed by atoms with E-state index in [0.29, 0.717) is 30.2 Å². The normalized spacial score (nSPS) is 17.2. The molecule has 0 aliphatic carbocycles. The molecule has 1 amide bonds. The molecule has 1 atom stereocenters. The van der Waals surface area contributed by atoms with E-state index in [1.165, 1.54) is 20.4 Å². The largest absolute Gasteiger partial charge is 0.481 e. The van der Waals surface area contributed by atoms with E-state index in [1.54, 1.807) is 6.07 Å². The molecule has 25 heavy (non-hydrogen) atoms. The van der Waals surface area contributed by atoms with E-state index in [4.69, 9.17) is 14.2 Å². The lowest BCUT2D eigenvalue weighted by Crippen LogP contribution is -2.40. The van der Waals surface area contributed by atoms with E-state index in [0.717, 1.165) is 6.42 Å². The first-order valence-electron chi connectivity index (χ1n) is 8.10. The molecule has 0 aromatic carbocycles. The molecule has 1 aliphatic rings. The fourth-order valence-electron chi connectivity index (χ4n) is 2.64. The zero-order chi connectivity index (χ0) is 18.6. The number of hydrogen-bond acceptors (Lipinski definition) is 7. The molecule has 1 aliphatic heterocycles. The van der Waals surface area contributed by atoms with Crippen molar-refractivity contribution in [2.45, 2.75) is 38.8 Å². The number of methoxy groups -OCH3 is 2. The van der Waals surface area contributed by atoms with Gasteiger partial charge in [-0.25, -0.2) is 14.6 Å². The van der Waals surface area contributed by atoms with Gasteiger partial charge in [-0.05, 0) is 27.2 Å². The Morgan fingerprint density at radius 2 is 2.04 bits per heavy atom. The van der Waals surface area contributed by atoms with Crippen LogP contribution in [0.15, 0.2) is 12.3 Å². The Morgan fingerprint density at radius 3 is 2.64 bits per heavy atom. The molecule has 1 saturated heterocycles. The van der Waals surface area contributed by atoms with Gasteiger partial charge in [-0.1, -0.05) is 0 Å². The highest BCUT2D eigenvalue weighted by molar-refractivity contribution is 5.95. The summed E-state index contributed by atoms with van der Waals surface area (Å²) in [6.45, 7) is 6.69. The summed E-state index contributed by atoms with van der Waals surface area (Å²) in [6.07, 6.45) is 1.74. The summed E-state index contributed by atoms with van der Waals surface area (Å²) in [6, 6.07) is 1.63. The quantitative estimate of drug-likeness (QED) is 0.830. The Labute approximate surface area is 147 Å². The van der Waals surface area contributed by atoms with Crippen molar-refractivity contribution >= 4 is 17.7 Å². The van der Waals surface area contributed by atoms with E-state index < -0.39 is 17.7 Å². The predicted octanol–water partition coefficient (Wildman–Crippen LogP) is 1.98. The number of hydrogen-bond donors (Lipinski definition) is 1. The Kier molecular flexibility index (Phi) is 5.71. The number of esters is 1.